The van der Waals surface area contributed by atoms with E-state index in [4.69, 9.17) is 11.6 Å². The fraction of sp³-hybridized carbons (Fsp3) is 0.0909. The van der Waals surface area contributed by atoms with Crippen molar-refractivity contribution >= 4 is 11.6 Å². The van der Waals surface area contributed by atoms with Crippen molar-refractivity contribution in [3.8, 4) is 0 Å². The highest BCUT2D eigenvalue weighted by molar-refractivity contribution is 6.31. The third-order valence-electron chi connectivity index (χ3n) is 1.95. The molecular formula is C11H9ClN2. The van der Waals surface area contributed by atoms with Crippen molar-refractivity contribution in [2.24, 2.45) is 0 Å². The van der Waals surface area contributed by atoms with Crippen molar-refractivity contribution in [3.05, 3.63) is 59.1 Å². The topological polar surface area (TPSA) is 25.8 Å². The zero-order valence-corrected chi connectivity index (χ0v) is 8.28. The monoisotopic (exact) mass is 204 g/mol. The van der Waals surface area contributed by atoms with E-state index < -0.39 is 0 Å². The van der Waals surface area contributed by atoms with Crippen LogP contribution >= 0.6 is 11.6 Å². The second kappa shape index (κ2) is 4.20. The van der Waals surface area contributed by atoms with Gasteiger partial charge in [-0.05, 0) is 11.6 Å². The van der Waals surface area contributed by atoms with Crippen LogP contribution in [0.15, 0.2) is 42.9 Å². The minimum Gasteiger partial charge on any atom is -0.261 e. The number of benzene rings is 1. The standard InChI is InChI=1S/C11H9ClN2/c12-11-4-2-1-3-9(11)7-10-8-13-5-6-14-10/h1-6,8H,7H2. The Morgan fingerprint density at radius 1 is 1.14 bits per heavy atom. The van der Waals surface area contributed by atoms with Crippen molar-refractivity contribution in [3.63, 3.8) is 0 Å². The molecule has 0 aliphatic heterocycles. The van der Waals surface area contributed by atoms with E-state index in [0.29, 0.717) is 0 Å². The van der Waals surface area contributed by atoms with Gasteiger partial charge in [0.2, 0.25) is 0 Å². The minimum atomic E-state index is 0.730. The van der Waals surface area contributed by atoms with Gasteiger partial charge in [-0.1, -0.05) is 29.8 Å². The molecule has 0 amide bonds. The molecule has 0 atom stereocenters. The number of hydrogen-bond donors (Lipinski definition) is 0. The number of hydrogen-bond acceptors (Lipinski definition) is 2. The second-order valence-electron chi connectivity index (χ2n) is 2.96. The first kappa shape index (κ1) is 9.16. The highest BCUT2D eigenvalue weighted by Crippen LogP contribution is 2.17. The summed E-state index contributed by atoms with van der Waals surface area (Å²) in [4.78, 5) is 8.20. The Morgan fingerprint density at radius 2 is 2.00 bits per heavy atom. The van der Waals surface area contributed by atoms with Crippen molar-refractivity contribution < 1.29 is 0 Å². The van der Waals surface area contributed by atoms with Gasteiger partial charge >= 0.3 is 0 Å². The first-order chi connectivity index (χ1) is 6.86. The number of halogens is 1. The number of nitrogens with zero attached hydrogens (tertiary/aromatic N) is 2. The highest BCUT2D eigenvalue weighted by atomic mass is 35.5. The van der Waals surface area contributed by atoms with Gasteiger partial charge in [-0.25, -0.2) is 0 Å². The van der Waals surface area contributed by atoms with Crippen molar-refractivity contribution in [1.82, 2.24) is 9.97 Å². The normalized spacial score (nSPS) is 10.1. The summed E-state index contributed by atoms with van der Waals surface area (Å²) in [6.45, 7) is 0. The fourth-order valence-corrected chi connectivity index (χ4v) is 1.46. The molecule has 0 N–H and O–H groups in total. The first-order valence-corrected chi connectivity index (χ1v) is 4.72. The Labute approximate surface area is 87.6 Å². The van der Waals surface area contributed by atoms with Gasteiger partial charge in [0.25, 0.3) is 0 Å². The summed E-state index contributed by atoms with van der Waals surface area (Å²) in [5, 5.41) is 0.776. The predicted molar refractivity (Wildman–Crippen MR) is 56.3 cm³/mol. The molecule has 2 rings (SSSR count). The van der Waals surface area contributed by atoms with Crippen LogP contribution in [0.5, 0.6) is 0 Å². The molecular weight excluding hydrogens is 196 g/mol. The average molecular weight is 205 g/mol. The summed E-state index contributed by atoms with van der Waals surface area (Å²) in [6, 6.07) is 7.77. The van der Waals surface area contributed by atoms with Gasteiger partial charge in [-0.3, -0.25) is 9.97 Å². The molecule has 70 valence electrons. The molecule has 0 aliphatic rings. The van der Waals surface area contributed by atoms with Gasteiger partial charge in [-0.15, -0.1) is 0 Å². The zero-order chi connectivity index (χ0) is 9.80. The smallest absolute Gasteiger partial charge is 0.0630 e. The molecule has 0 spiro atoms. The Hall–Kier alpha value is -1.41. The maximum atomic E-state index is 6.03. The van der Waals surface area contributed by atoms with E-state index in [9.17, 15) is 0 Å². The molecule has 0 unspecified atom stereocenters. The summed E-state index contributed by atoms with van der Waals surface area (Å²) in [5.41, 5.74) is 2.01. The van der Waals surface area contributed by atoms with E-state index >= 15 is 0 Å². The summed E-state index contributed by atoms with van der Waals surface area (Å²) < 4.78 is 0. The Kier molecular flexibility index (Phi) is 2.75. The lowest BCUT2D eigenvalue weighted by atomic mass is 10.1. The molecule has 0 fully saturated rings. The van der Waals surface area contributed by atoms with Crippen LogP contribution in [0.1, 0.15) is 11.3 Å². The summed E-state index contributed by atoms with van der Waals surface area (Å²) >= 11 is 6.03. The Bertz CT molecular complexity index is 415. The van der Waals surface area contributed by atoms with E-state index in [2.05, 4.69) is 9.97 Å². The van der Waals surface area contributed by atoms with E-state index in [1.54, 1.807) is 18.6 Å². The van der Waals surface area contributed by atoms with Gasteiger partial charge in [0.1, 0.15) is 0 Å². The molecule has 3 heteroatoms. The third kappa shape index (κ3) is 2.09. The van der Waals surface area contributed by atoms with Gasteiger partial charge < -0.3 is 0 Å². The Morgan fingerprint density at radius 3 is 2.71 bits per heavy atom. The summed E-state index contributed by atoms with van der Waals surface area (Å²) in [5.74, 6) is 0. The minimum absolute atomic E-state index is 0.730. The molecule has 1 heterocycles. The van der Waals surface area contributed by atoms with Crippen molar-refractivity contribution in [2.45, 2.75) is 6.42 Å². The molecule has 1 aromatic carbocycles. The van der Waals surface area contributed by atoms with Gasteiger partial charge in [0.15, 0.2) is 0 Å². The lowest BCUT2D eigenvalue weighted by molar-refractivity contribution is 1.03. The molecule has 2 nitrogen and oxygen atoms in total. The second-order valence-corrected chi connectivity index (χ2v) is 3.37. The summed E-state index contributed by atoms with van der Waals surface area (Å²) in [7, 11) is 0. The van der Waals surface area contributed by atoms with Crippen LogP contribution in [0.2, 0.25) is 5.02 Å². The van der Waals surface area contributed by atoms with Crippen LogP contribution < -0.4 is 0 Å². The Balaban J connectivity index is 2.24. The SMILES string of the molecule is Clc1ccccc1Cc1cnccn1. The average Bonchev–Trinajstić information content (AvgIpc) is 2.23. The molecule has 2 aromatic rings. The van der Waals surface area contributed by atoms with Crippen LogP contribution in [0.4, 0.5) is 0 Å². The number of rotatable bonds is 2. The summed E-state index contributed by atoms with van der Waals surface area (Å²) in [6.07, 6.45) is 5.83. The molecule has 1 aromatic heterocycles. The van der Waals surface area contributed by atoms with E-state index in [1.165, 1.54) is 0 Å². The van der Waals surface area contributed by atoms with Crippen LogP contribution in [0.25, 0.3) is 0 Å². The van der Waals surface area contributed by atoms with E-state index in [0.717, 1.165) is 22.7 Å². The van der Waals surface area contributed by atoms with Crippen molar-refractivity contribution in [2.75, 3.05) is 0 Å². The van der Waals surface area contributed by atoms with Crippen LogP contribution in [-0.2, 0) is 6.42 Å². The first-order valence-electron chi connectivity index (χ1n) is 4.34. The van der Waals surface area contributed by atoms with E-state index in [-0.39, 0.29) is 0 Å². The van der Waals surface area contributed by atoms with Crippen LogP contribution in [0.3, 0.4) is 0 Å². The van der Waals surface area contributed by atoms with Crippen molar-refractivity contribution in [1.29, 1.82) is 0 Å². The maximum Gasteiger partial charge on any atom is 0.0630 e. The fourth-order valence-electron chi connectivity index (χ4n) is 1.26. The maximum absolute atomic E-state index is 6.03. The van der Waals surface area contributed by atoms with Crippen LogP contribution in [-0.4, -0.2) is 9.97 Å². The largest absolute Gasteiger partial charge is 0.261 e. The van der Waals surface area contributed by atoms with Gasteiger partial charge in [-0.2, -0.15) is 0 Å². The van der Waals surface area contributed by atoms with Gasteiger partial charge in [0, 0.05) is 30.0 Å². The zero-order valence-electron chi connectivity index (χ0n) is 7.52. The predicted octanol–water partition coefficient (Wildman–Crippen LogP) is 2.72. The molecule has 0 bridgehead atoms. The van der Waals surface area contributed by atoms with Gasteiger partial charge in [0.05, 0.1) is 5.69 Å². The quantitative estimate of drug-likeness (QED) is 0.752. The lowest BCUT2D eigenvalue weighted by Gasteiger charge is -2.02. The highest BCUT2D eigenvalue weighted by Gasteiger charge is 2.00. The molecule has 0 aliphatic carbocycles. The molecule has 14 heavy (non-hydrogen) atoms. The molecule has 0 radical (unpaired) electrons. The molecule has 0 saturated carbocycles. The van der Waals surface area contributed by atoms with E-state index in [1.807, 2.05) is 24.3 Å². The lowest BCUT2D eigenvalue weighted by Crippen LogP contribution is -1.92. The number of aromatic nitrogens is 2. The molecule has 0 saturated heterocycles. The van der Waals surface area contributed by atoms with Crippen LogP contribution in [0, 0.1) is 0 Å². The third-order valence-corrected chi connectivity index (χ3v) is 2.31.